The summed E-state index contributed by atoms with van der Waals surface area (Å²) < 4.78 is 5.35. The van der Waals surface area contributed by atoms with Crippen molar-refractivity contribution in [1.82, 2.24) is 15.6 Å². The monoisotopic (exact) mass is 329 g/mol. The lowest BCUT2D eigenvalue weighted by Crippen LogP contribution is -2.35. The van der Waals surface area contributed by atoms with Crippen molar-refractivity contribution in [1.29, 1.82) is 0 Å². The fraction of sp³-hybridized carbons (Fsp3) is 0.176. The molecule has 0 radical (unpaired) electrons. The summed E-state index contributed by atoms with van der Waals surface area (Å²) in [5, 5.41) is 6.05. The molecule has 0 aliphatic carbocycles. The number of ether oxygens (including phenoxy) is 1. The summed E-state index contributed by atoms with van der Waals surface area (Å²) in [6.07, 6.45) is 3.29. The number of carbonyl (C=O) groups is 1. The first kappa shape index (κ1) is 16.7. The van der Waals surface area contributed by atoms with Gasteiger partial charge in [-0.15, -0.1) is 0 Å². The molecule has 0 fully saturated rings. The summed E-state index contributed by atoms with van der Waals surface area (Å²) in [6.45, 7) is 0.934. The van der Waals surface area contributed by atoms with Crippen LogP contribution >= 0.6 is 11.6 Å². The molecule has 0 spiro atoms. The van der Waals surface area contributed by atoms with Crippen LogP contribution in [0, 0.1) is 11.8 Å². The van der Waals surface area contributed by atoms with Gasteiger partial charge in [-0.3, -0.25) is 4.98 Å². The van der Waals surface area contributed by atoms with Crippen molar-refractivity contribution in [2.75, 3.05) is 13.2 Å². The number of urea groups is 1. The zero-order valence-electron chi connectivity index (χ0n) is 12.4. The number of pyridine rings is 1. The fourth-order valence-electron chi connectivity index (χ4n) is 1.64. The number of halogens is 1. The molecule has 5 nitrogen and oxygen atoms in total. The van der Waals surface area contributed by atoms with E-state index in [2.05, 4.69) is 27.5 Å². The maximum absolute atomic E-state index is 11.6. The van der Waals surface area contributed by atoms with E-state index in [4.69, 9.17) is 16.3 Å². The quantitative estimate of drug-likeness (QED) is 0.829. The average Bonchev–Trinajstić information content (AvgIpc) is 2.58. The molecule has 0 aliphatic rings. The Bertz CT molecular complexity index is 678. The standard InChI is InChI=1S/C17H16ClN3O2/c18-15-7-5-14(6-8-15)12-21-17(22)20-10-1-2-11-23-16-4-3-9-19-13-16/h3-9,13H,10-12H2,(H2,20,21,22). The van der Waals surface area contributed by atoms with Gasteiger partial charge in [-0.05, 0) is 29.8 Å². The van der Waals surface area contributed by atoms with Gasteiger partial charge in [0.05, 0.1) is 12.7 Å². The van der Waals surface area contributed by atoms with Crippen LogP contribution in [0.5, 0.6) is 5.75 Å². The number of aromatic nitrogens is 1. The fourth-order valence-corrected chi connectivity index (χ4v) is 1.76. The zero-order chi connectivity index (χ0) is 16.3. The van der Waals surface area contributed by atoms with Gasteiger partial charge < -0.3 is 15.4 Å². The second-order valence-corrected chi connectivity index (χ2v) is 4.93. The molecule has 0 bridgehead atoms. The Morgan fingerprint density at radius 1 is 1.17 bits per heavy atom. The molecule has 0 aliphatic heterocycles. The highest BCUT2D eigenvalue weighted by molar-refractivity contribution is 6.30. The largest absolute Gasteiger partial charge is 0.479 e. The van der Waals surface area contributed by atoms with E-state index in [-0.39, 0.29) is 19.2 Å². The number of amides is 2. The van der Waals surface area contributed by atoms with E-state index in [0.717, 1.165) is 5.56 Å². The highest BCUT2D eigenvalue weighted by Gasteiger charge is 1.98. The predicted molar refractivity (Wildman–Crippen MR) is 89.2 cm³/mol. The molecule has 118 valence electrons. The number of hydrogen-bond acceptors (Lipinski definition) is 3. The minimum absolute atomic E-state index is 0.250. The van der Waals surface area contributed by atoms with E-state index in [1.807, 2.05) is 12.1 Å². The third-order valence-electron chi connectivity index (χ3n) is 2.77. The first-order valence-electron chi connectivity index (χ1n) is 6.99. The zero-order valence-corrected chi connectivity index (χ0v) is 13.1. The Kier molecular flexibility index (Phi) is 6.76. The van der Waals surface area contributed by atoms with E-state index < -0.39 is 0 Å². The van der Waals surface area contributed by atoms with E-state index in [9.17, 15) is 4.79 Å². The van der Waals surface area contributed by atoms with Crippen molar-refractivity contribution in [3.05, 3.63) is 59.4 Å². The minimum Gasteiger partial charge on any atom is -0.479 e. The molecular formula is C17H16ClN3O2. The van der Waals surface area contributed by atoms with Crippen molar-refractivity contribution in [2.45, 2.75) is 6.54 Å². The van der Waals surface area contributed by atoms with Crippen LogP contribution in [0.4, 0.5) is 4.79 Å². The third kappa shape index (κ3) is 6.72. The van der Waals surface area contributed by atoms with Gasteiger partial charge in [0.25, 0.3) is 0 Å². The lowest BCUT2D eigenvalue weighted by atomic mass is 10.2. The van der Waals surface area contributed by atoms with Crippen LogP contribution < -0.4 is 15.4 Å². The number of carbonyl (C=O) groups excluding carboxylic acids is 1. The van der Waals surface area contributed by atoms with Gasteiger partial charge in [0.1, 0.15) is 12.4 Å². The van der Waals surface area contributed by atoms with Gasteiger partial charge in [-0.1, -0.05) is 35.6 Å². The van der Waals surface area contributed by atoms with Gasteiger partial charge in [0, 0.05) is 17.8 Å². The molecule has 1 heterocycles. The first-order chi connectivity index (χ1) is 11.2. The number of nitrogens with one attached hydrogen (secondary N) is 2. The number of nitrogens with zero attached hydrogens (tertiary/aromatic N) is 1. The first-order valence-corrected chi connectivity index (χ1v) is 7.36. The highest BCUT2D eigenvalue weighted by Crippen LogP contribution is 2.09. The Morgan fingerprint density at radius 3 is 2.74 bits per heavy atom. The SMILES string of the molecule is O=C(NCC#CCOc1cccnc1)NCc1ccc(Cl)cc1. The van der Waals surface area contributed by atoms with Crippen LogP contribution in [0.1, 0.15) is 5.56 Å². The molecule has 0 saturated heterocycles. The third-order valence-corrected chi connectivity index (χ3v) is 3.03. The molecular weight excluding hydrogens is 314 g/mol. The summed E-state index contributed by atoms with van der Waals surface area (Å²) in [5.74, 6) is 6.28. The van der Waals surface area contributed by atoms with Crippen molar-refractivity contribution < 1.29 is 9.53 Å². The molecule has 1 aromatic carbocycles. The molecule has 1 aromatic heterocycles. The summed E-state index contributed by atoms with van der Waals surface area (Å²) in [6, 6.07) is 10.6. The van der Waals surface area contributed by atoms with Crippen LogP contribution in [0.25, 0.3) is 0 Å². The van der Waals surface area contributed by atoms with Crippen LogP contribution in [0.2, 0.25) is 5.02 Å². The molecule has 0 unspecified atom stereocenters. The van der Waals surface area contributed by atoms with Crippen molar-refractivity contribution in [2.24, 2.45) is 0 Å². The van der Waals surface area contributed by atoms with Gasteiger partial charge in [-0.25, -0.2) is 4.79 Å². The van der Waals surface area contributed by atoms with Crippen LogP contribution in [-0.4, -0.2) is 24.2 Å². The molecule has 2 aromatic rings. The van der Waals surface area contributed by atoms with E-state index in [1.54, 1.807) is 36.7 Å². The Labute approximate surface area is 140 Å². The maximum atomic E-state index is 11.6. The summed E-state index contributed by atoms with van der Waals surface area (Å²) in [4.78, 5) is 15.5. The number of hydrogen-bond donors (Lipinski definition) is 2. The molecule has 0 atom stereocenters. The molecule has 23 heavy (non-hydrogen) atoms. The number of rotatable bonds is 5. The lowest BCUT2D eigenvalue weighted by molar-refractivity contribution is 0.241. The summed E-state index contributed by atoms with van der Waals surface area (Å²) in [7, 11) is 0. The summed E-state index contributed by atoms with van der Waals surface area (Å²) >= 11 is 5.80. The molecule has 2 amide bonds. The van der Waals surface area contributed by atoms with Crippen LogP contribution in [-0.2, 0) is 6.54 Å². The Balaban J connectivity index is 1.59. The van der Waals surface area contributed by atoms with Gasteiger partial charge >= 0.3 is 6.03 Å². The van der Waals surface area contributed by atoms with Crippen LogP contribution in [0.3, 0.4) is 0 Å². The molecule has 2 N–H and O–H groups in total. The second-order valence-electron chi connectivity index (χ2n) is 4.49. The number of benzene rings is 1. The second kappa shape index (κ2) is 9.34. The van der Waals surface area contributed by atoms with Gasteiger partial charge in [0.15, 0.2) is 0 Å². The maximum Gasteiger partial charge on any atom is 0.315 e. The van der Waals surface area contributed by atoms with Crippen molar-refractivity contribution in [3.8, 4) is 17.6 Å². The lowest BCUT2D eigenvalue weighted by Gasteiger charge is -2.05. The van der Waals surface area contributed by atoms with Crippen LogP contribution in [0.15, 0.2) is 48.8 Å². The van der Waals surface area contributed by atoms with E-state index in [1.165, 1.54) is 0 Å². The normalized spacial score (nSPS) is 9.43. The van der Waals surface area contributed by atoms with Crippen molar-refractivity contribution >= 4 is 17.6 Å². The van der Waals surface area contributed by atoms with Crippen molar-refractivity contribution in [3.63, 3.8) is 0 Å². The average molecular weight is 330 g/mol. The molecule has 0 saturated carbocycles. The molecule has 6 heteroatoms. The minimum atomic E-state index is -0.276. The summed E-state index contributed by atoms with van der Waals surface area (Å²) in [5.41, 5.74) is 0.973. The predicted octanol–water partition coefficient (Wildman–Crippen LogP) is 2.62. The Morgan fingerprint density at radius 2 is 2.00 bits per heavy atom. The van der Waals surface area contributed by atoms with Gasteiger partial charge in [-0.2, -0.15) is 0 Å². The van der Waals surface area contributed by atoms with Gasteiger partial charge in [0.2, 0.25) is 0 Å². The topological polar surface area (TPSA) is 63.2 Å². The van der Waals surface area contributed by atoms with E-state index >= 15 is 0 Å². The smallest absolute Gasteiger partial charge is 0.315 e. The Hall–Kier alpha value is -2.71. The highest BCUT2D eigenvalue weighted by atomic mass is 35.5. The molecule has 2 rings (SSSR count). The van der Waals surface area contributed by atoms with E-state index in [0.29, 0.717) is 17.3 Å².